The van der Waals surface area contributed by atoms with Gasteiger partial charge in [-0.1, -0.05) is 18.2 Å². The van der Waals surface area contributed by atoms with Crippen LogP contribution in [0.3, 0.4) is 0 Å². The molecule has 0 fully saturated rings. The number of nitrogens with one attached hydrogen (secondary N) is 1. The highest BCUT2D eigenvalue weighted by atomic mass is 16.2. The number of hydrogen-bond acceptors (Lipinski definition) is 3. The number of aryl methyl sites for hydroxylation is 1. The second-order valence-electron chi connectivity index (χ2n) is 4.83. The second kappa shape index (κ2) is 5.33. The van der Waals surface area contributed by atoms with Crippen LogP contribution in [-0.2, 0) is 11.2 Å². The van der Waals surface area contributed by atoms with E-state index in [1.165, 1.54) is 0 Å². The van der Waals surface area contributed by atoms with Crippen LogP contribution in [0.4, 0.5) is 17.2 Å². The topological polar surface area (TPSA) is 45.2 Å². The zero-order chi connectivity index (χ0) is 13.9. The Bertz CT molecular complexity index is 625. The molecule has 0 bridgehead atoms. The lowest BCUT2D eigenvalue weighted by molar-refractivity contribution is -0.118. The predicted octanol–water partition coefficient (Wildman–Crippen LogP) is 3.12. The van der Waals surface area contributed by atoms with Crippen LogP contribution >= 0.6 is 0 Å². The van der Waals surface area contributed by atoms with E-state index < -0.39 is 0 Å². The van der Waals surface area contributed by atoms with Crippen molar-refractivity contribution >= 4 is 23.1 Å². The molecule has 1 amide bonds. The fourth-order valence-corrected chi connectivity index (χ4v) is 2.51. The zero-order valence-corrected chi connectivity index (χ0v) is 11.5. The normalized spacial score (nSPS) is 14.1. The molecule has 102 valence electrons. The van der Waals surface area contributed by atoms with Gasteiger partial charge >= 0.3 is 0 Å². The van der Waals surface area contributed by atoms with Crippen LogP contribution in [0, 0.1) is 0 Å². The average molecular weight is 267 g/mol. The van der Waals surface area contributed by atoms with Gasteiger partial charge in [-0.15, -0.1) is 0 Å². The first-order chi connectivity index (χ1) is 9.78. The highest BCUT2D eigenvalue weighted by Gasteiger charge is 2.23. The lowest BCUT2D eigenvalue weighted by atomic mass is 10.0. The first-order valence-corrected chi connectivity index (χ1v) is 6.89. The molecule has 20 heavy (non-hydrogen) atoms. The smallest absolute Gasteiger partial charge is 0.227 e. The van der Waals surface area contributed by atoms with Crippen LogP contribution in [0.2, 0.25) is 0 Å². The van der Waals surface area contributed by atoms with Crippen molar-refractivity contribution in [1.82, 2.24) is 4.98 Å². The van der Waals surface area contributed by atoms with Crippen LogP contribution in [0.15, 0.2) is 42.6 Å². The van der Waals surface area contributed by atoms with E-state index in [9.17, 15) is 4.79 Å². The van der Waals surface area contributed by atoms with Crippen molar-refractivity contribution in [2.45, 2.75) is 19.8 Å². The molecule has 0 aliphatic carbocycles. The number of anilines is 3. The maximum atomic E-state index is 11.9. The Morgan fingerprint density at radius 1 is 1.25 bits per heavy atom. The van der Waals surface area contributed by atoms with E-state index in [0.29, 0.717) is 13.0 Å². The number of para-hydroxylation sites is 1. The Morgan fingerprint density at radius 3 is 2.80 bits per heavy atom. The summed E-state index contributed by atoms with van der Waals surface area (Å²) in [5.74, 6) is 0.958. The summed E-state index contributed by atoms with van der Waals surface area (Å²) >= 11 is 0. The Morgan fingerprint density at radius 2 is 2.05 bits per heavy atom. The van der Waals surface area contributed by atoms with Gasteiger partial charge in [0.05, 0.1) is 5.69 Å². The molecule has 0 atom stereocenters. The maximum absolute atomic E-state index is 11.9. The van der Waals surface area contributed by atoms with E-state index >= 15 is 0 Å². The van der Waals surface area contributed by atoms with E-state index in [1.54, 1.807) is 0 Å². The Balaban J connectivity index is 1.92. The number of amides is 1. The minimum Gasteiger partial charge on any atom is -0.340 e. The quantitative estimate of drug-likeness (QED) is 0.929. The molecule has 3 rings (SSSR count). The van der Waals surface area contributed by atoms with Crippen molar-refractivity contribution in [2.24, 2.45) is 0 Å². The molecule has 1 aromatic carbocycles. The molecule has 1 aliphatic rings. The first kappa shape index (κ1) is 12.7. The number of pyridine rings is 1. The molecule has 1 aliphatic heterocycles. The molecule has 0 radical (unpaired) electrons. The molecule has 1 aromatic heterocycles. The number of benzene rings is 1. The summed E-state index contributed by atoms with van der Waals surface area (Å²) in [4.78, 5) is 18.2. The van der Waals surface area contributed by atoms with E-state index in [2.05, 4.69) is 10.3 Å². The van der Waals surface area contributed by atoms with Gasteiger partial charge in [-0.2, -0.15) is 0 Å². The molecule has 4 heteroatoms. The third-order valence-electron chi connectivity index (χ3n) is 3.52. The van der Waals surface area contributed by atoms with Crippen LogP contribution in [-0.4, -0.2) is 17.4 Å². The SMILES string of the molecule is CCN1C(=O)CCc2cnc(Nc3ccccc3)cc21. The second-order valence-corrected chi connectivity index (χ2v) is 4.83. The Kier molecular flexibility index (Phi) is 3.37. The van der Waals surface area contributed by atoms with Crippen LogP contribution in [0.25, 0.3) is 0 Å². The molecule has 1 N–H and O–H groups in total. The van der Waals surface area contributed by atoms with Crippen LogP contribution in [0.1, 0.15) is 18.9 Å². The van der Waals surface area contributed by atoms with Gasteiger partial charge in [-0.05, 0) is 31.0 Å². The van der Waals surface area contributed by atoms with Gasteiger partial charge in [0.25, 0.3) is 0 Å². The van der Waals surface area contributed by atoms with Crippen molar-refractivity contribution in [1.29, 1.82) is 0 Å². The summed E-state index contributed by atoms with van der Waals surface area (Å²) in [7, 11) is 0. The molecular weight excluding hydrogens is 250 g/mol. The van der Waals surface area contributed by atoms with Crippen molar-refractivity contribution < 1.29 is 4.79 Å². The number of nitrogens with zero attached hydrogens (tertiary/aromatic N) is 2. The number of fused-ring (bicyclic) bond motifs is 1. The summed E-state index contributed by atoms with van der Waals surface area (Å²) in [6, 6.07) is 11.9. The standard InChI is InChI=1S/C16H17N3O/c1-2-19-14-10-15(18-13-6-4-3-5-7-13)17-11-12(14)8-9-16(19)20/h3-7,10-11H,2,8-9H2,1H3,(H,17,18). The van der Waals surface area contributed by atoms with Gasteiger partial charge in [0.2, 0.25) is 5.91 Å². The fraction of sp³-hybridized carbons (Fsp3) is 0.250. The minimum atomic E-state index is 0.192. The number of hydrogen-bond donors (Lipinski definition) is 1. The lowest BCUT2D eigenvalue weighted by Gasteiger charge is -2.28. The van der Waals surface area contributed by atoms with Gasteiger partial charge in [-0.3, -0.25) is 4.79 Å². The summed E-state index contributed by atoms with van der Waals surface area (Å²) < 4.78 is 0. The third-order valence-corrected chi connectivity index (χ3v) is 3.52. The van der Waals surface area contributed by atoms with E-state index in [1.807, 2.05) is 54.4 Å². The number of aromatic nitrogens is 1. The molecule has 0 saturated carbocycles. The summed E-state index contributed by atoms with van der Waals surface area (Å²) in [5, 5.41) is 3.26. The van der Waals surface area contributed by atoms with Crippen molar-refractivity contribution in [3.05, 3.63) is 48.2 Å². The first-order valence-electron chi connectivity index (χ1n) is 6.89. The summed E-state index contributed by atoms with van der Waals surface area (Å²) in [5.41, 5.74) is 3.12. The molecule has 2 aromatic rings. The fourth-order valence-electron chi connectivity index (χ4n) is 2.51. The number of carbonyl (C=O) groups excluding carboxylic acids is 1. The van der Waals surface area contributed by atoms with Gasteiger partial charge in [-0.25, -0.2) is 4.98 Å². The maximum Gasteiger partial charge on any atom is 0.227 e. The highest BCUT2D eigenvalue weighted by Crippen LogP contribution is 2.29. The van der Waals surface area contributed by atoms with E-state index in [4.69, 9.17) is 0 Å². The highest BCUT2D eigenvalue weighted by molar-refractivity contribution is 5.96. The van der Waals surface area contributed by atoms with Gasteiger partial charge < -0.3 is 10.2 Å². The average Bonchev–Trinajstić information content (AvgIpc) is 2.48. The molecule has 4 nitrogen and oxygen atoms in total. The number of rotatable bonds is 3. The molecule has 0 spiro atoms. The Hall–Kier alpha value is -2.36. The molecule has 0 unspecified atom stereocenters. The van der Waals surface area contributed by atoms with Gasteiger partial charge in [0.15, 0.2) is 0 Å². The lowest BCUT2D eigenvalue weighted by Crippen LogP contribution is -2.34. The van der Waals surface area contributed by atoms with E-state index in [0.717, 1.165) is 29.2 Å². The van der Waals surface area contributed by atoms with Crippen LogP contribution in [0.5, 0.6) is 0 Å². The summed E-state index contributed by atoms with van der Waals surface area (Å²) in [6.07, 6.45) is 3.23. The molecule has 0 saturated heterocycles. The largest absolute Gasteiger partial charge is 0.340 e. The molecular formula is C16H17N3O. The Labute approximate surface area is 118 Å². The van der Waals surface area contributed by atoms with Crippen molar-refractivity contribution in [3.8, 4) is 0 Å². The summed E-state index contributed by atoms with van der Waals surface area (Å²) in [6.45, 7) is 2.69. The van der Waals surface area contributed by atoms with Crippen molar-refractivity contribution in [3.63, 3.8) is 0 Å². The minimum absolute atomic E-state index is 0.192. The predicted molar refractivity (Wildman–Crippen MR) is 80.3 cm³/mol. The monoisotopic (exact) mass is 267 g/mol. The van der Waals surface area contributed by atoms with Crippen molar-refractivity contribution in [2.75, 3.05) is 16.8 Å². The molecule has 2 heterocycles. The zero-order valence-electron chi connectivity index (χ0n) is 11.5. The van der Waals surface area contributed by atoms with Gasteiger partial charge in [0.1, 0.15) is 5.82 Å². The number of carbonyl (C=O) groups is 1. The van der Waals surface area contributed by atoms with E-state index in [-0.39, 0.29) is 5.91 Å². The van der Waals surface area contributed by atoms with Crippen LogP contribution < -0.4 is 10.2 Å². The third kappa shape index (κ3) is 2.37. The van der Waals surface area contributed by atoms with Gasteiger partial charge in [0, 0.05) is 30.9 Å².